The Morgan fingerprint density at radius 1 is 1.17 bits per heavy atom. The highest BCUT2D eigenvalue weighted by Gasteiger charge is 2.22. The van der Waals surface area contributed by atoms with Crippen LogP contribution in [-0.2, 0) is 25.6 Å². The molecule has 2 aromatic carbocycles. The van der Waals surface area contributed by atoms with Gasteiger partial charge >= 0.3 is 0 Å². The molecule has 0 spiro atoms. The lowest BCUT2D eigenvalue weighted by Crippen LogP contribution is -2.25. The van der Waals surface area contributed by atoms with Gasteiger partial charge in [-0.05, 0) is 30.7 Å². The Morgan fingerprint density at radius 2 is 1.87 bits per heavy atom. The van der Waals surface area contributed by atoms with Crippen molar-refractivity contribution in [1.82, 2.24) is 0 Å². The molecular formula is C17H17FO4S. The molecule has 2 aromatic rings. The van der Waals surface area contributed by atoms with E-state index in [4.69, 9.17) is 8.92 Å². The molecule has 1 heterocycles. The van der Waals surface area contributed by atoms with Crippen molar-refractivity contribution >= 4 is 10.1 Å². The zero-order valence-corrected chi connectivity index (χ0v) is 13.5. The molecule has 4 nitrogen and oxygen atoms in total. The summed E-state index contributed by atoms with van der Waals surface area (Å²) in [7, 11) is -3.90. The monoisotopic (exact) mass is 336 g/mol. The number of halogens is 1. The lowest BCUT2D eigenvalue weighted by molar-refractivity contribution is 0.00830. The Bertz CT molecular complexity index is 796. The molecule has 0 saturated carbocycles. The minimum absolute atomic E-state index is 0.0618. The van der Waals surface area contributed by atoms with E-state index in [0.717, 1.165) is 11.1 Å². The van der Waals surface area contributed by atoms with Crippen molar-refractivity contribution in [3.63, 3.8) is 0 Å². The Morgan fingerprint density at radius 3 is 2.43 bits per heavy atom. The third-order valence-corrected chi connectivity index (χ3v) is 5.14. The van der Waals surface area contributed by atoms with Crippen molar-refractivity contribution in [3.05, 3.63) is 65.0 Å². The van der Waals surface area contributed by atoms with Gasteiger partial charge in [0.15, 0.2) is 0 Å². The van der Waals surface area contributed by atoms with Crippen LogP contribution in [-0.4, -0.2) is 21.6 Å². The van der Waals surface area contributed by atoms with Gasteiger partial charge < -0.3 is 4.74 Å². The van der Waals surface area contributed by atoms with E-state index in [-0.39, 0.29) is 23.0 Å². The molecular weight excluding hydrogens is 319 g/mol. The molecule has 0 radical (unpaired) electrons. The second kappa shape index (κ2) is 6.39. The fourth-order valence-corrected chi connectivity index (χ4v) is 3.16. The number of aryl methyl sites for hydroxylation is 1. The van der Waals surface area contributed by atoms with Gasteiger partial charge in [0.25, 0.3) is 10.1 Å². The van der Waals surface area contributed by atoms with E-state index in [2.05, 4.69) is 0 Å². The smallest absolute Gasteiger partial charge is 0.297 e. The van der Waals surface area contributed by atoms with Crippen molar-refractivity contribution in [2.75, 3.05) is 13.2 Å². The first-order valence-corrected chi connectivity index (χ1v) is 8.69. The van der Waals surface area contributed by atoms with Crippen LogP contribution >= 0.6 is 0 Å². The van der Waals surface area contributed by atoms with Crippen molar-refractivity contribution in [1.29, 1.82) is 0 Å². The zero-order valence-electron chi connectivity index (χ0n) is 12.7. The lowest BCUT2D eigenvalue weighted by Gasteiger charge is -2.26. The molecule has 0 aromatic heterocycles. The van der Waals surface area contributed by atoms with Gasteiger partial charge in [0.1, 0.15) is 5.82 Å². The summed E-state index contributed by atoms with van der Waals surface area (Å²) in [4.78, 5) is 0.0618. The van der Waals surface area contributed by atoms with Crippen LogP contribution in [0.1, 0.15) is 22.6 Å². The van der Waals surface area contributed by atoms with Crippen LogP contribution in [0.3, 0.4) is 0 Å². The maximum absolute atomic E-state index is 14.1. The van der Waals surface area contributed by atoms with E-state index in [1.165, 1.54) is 18.2 Å². The standard InChI is InChI=1S/C17H17FO4S/c1-12-2-6-16(7-3-12)23(19,20)22-11-14-5-4-13(8-17(14)18)15-9-21-10-15/h2-8,15H,9-11H2,1H3. The van der Waals surface area contributed by atoms with Gasteiger partial charge in [0.2, 0.25) is 0 Å². The minimum atomic E-state index is -3.90. The predicted octanol–water partition coefficient (Wildman–Crippen LogP) is 3.15. The average molecular weight is 336 g/mol. The fourth-order valence-electron chi connectivity index (χ4n) is 2.28. The quantitative estimate of drug-likeness (QED) is 0.787. The van der Waals surface area contributed by atoms with Crippen molar-refractivity contribution in [2.45, 2.75) is 24.3 Å². The number of hydrogen-bond donors (Lipinski definition) is 0. The molecule has 0 unspecified atom stereocenters. The van der Waals surface area contributed by atoms with Crippen molar-refractivity contribution in [2.24, 2.45) is 0 Å². The summed E-state index contributed by atoms with van der Waals surface area (Å²) >= 11 is 0. The highest BCUT2D eigenvalue weighted by molar-refractivity contribution is 7.86. The first-order chi connectivity index (χ1) is 11.0. The summed E-state index contributed by atoms with van der Waals surface area (Å²) in [5.74, 6) is -0.246. The van der Waals surface area contributed by atoms with Crippen LogP contribution in [0, 0.1) is 12.7 Å². The molecule has 1 aliphatic rings. The van der Waals surface area contributed by atoms with E-state index in [9.17, 15) is 12.8 Å². The third-order valence-electron chi connectivity index (χ3n) is 3.87. The van der Waals surface area contributed by atoms with Crippen LogP contribution in [0.15, 0.2) is 47.4 Å². The lowest BCUT2D eigenvalue weighted by atomic mass is 9.96. The van der Waals surface area contributed by atoms with Crippen LogP contribution < -0.4 is 0 Å². The number of benzene rings is 2. The van der Waals surface area contributed by atoms with Crippen molar-refractivity contribution in [3.8, 4) is 0 Å². The molecule has 3 rings (SSSR count). The van der Waals surface area contributed by atoms with Gasteiger partial charge in [-0.3, -0.25) is 4.18 Å². The molecule has 0 aliphatic carbocycles. The van der Waals surface area contributed by atoms with Crippen LogP contribution in [0.5, 0.6) is 0 Å². The molecule has 0 atom stereocenters. The summed E-state index contributed by atoms with van der Waals surface area (Å²) in [6.45, 7) is 2.72. The Hall–Kier alpha value is -1.76. The highest BCUT2D eigenvalue weighted by atomic mass is 32.2. The molecule has 23 heavy (non-hydrogen) atoms. The van der Waals surface area contributed by atoms with E-state index in [0.29, 0.717) is 13.2 Å². The minimum Gasteiger partial charge on any atom is -0.380 e. The average Bonchev–Trinajstić information content (AvgIpc) is 2.45. The van der Waals surface area contributed by atoms with Gasteiger partial charge in [-0.2, -0.15) is 8.42 Å². The molecule has 1 fully saturated rings. The second-order valence-corrected chi connectivity index (χ2v) is 7.23. The van der Waals surface area contributed by atoms with Gasteiger partial charge in [-0.1, -0.05) is 29.8 Å². The largest absolute Gasteiger partial charge is 0.380 e. The van der Waals surface area contributed by atoms with Gasteiger partial charge in [0.05, 0.1) is 24.7 Å². The SMILES string of the molecule is Cc1ccc(S(=O)(=O)OCc2ccc(C3COC3)cc2F)cc1. The van der Waals surface area contributed by atoms with Gasteiger partial charge in [-0.15, -0.1) is 0 Å². The number of ether oxygens (including phenoxy) is 1. The first-order valence-electron chi connectivity index (χ1n) is 7.28. The molecule has 6 heteroatoms. The molecule has 1 saturated heterocycles. The molecule has 0 amide bonds. The van der Waals surface area contributed by atoms with Crippen LogP contribution in [0.4, 0.5) is 4.39 Å². The highest BCUT2D eigenvalue weighted by Crippen LogP contribution is 2.26. The van der Waals surface area contributed by atoms with E-state index >= 15 is 0 Å². The summed E-state index contributed by atoms with van der Waals surface area (Å²) in [6, 6.07) is 11.1. The van der Waals surface area contributed by atoms with E-state index in [1.54, 1.807) is 24.3 Å². The van der Waals surface area contributed by atoms with E-state index in [1.807, 2.05) is 6.92 Å². The summed E-state index contributed by atoms with van der Waals surface area (Å²) in [6.07, 6.45) is 0. The normalized spacial score (nSPS) is 15.4. The van der Waals surface area contributed by atoms with Gasteiger partial charge in [-0.25, -0.2) is 4.39 Å². The molecule has 0 bridgehead atoms. The molecule has 122 valence electrons. The maximum Gasteiger partial charge on any atom is 0.297 e. The Kier molecular flexibility index (Phi) is 4.48. The fraction of sp³-hybridized carbons (Fsp3) is 0.294. The Labute approximate surface area is 135 Å². The van der Waals surface area contributed by atoms with Crippen LogP contribution in [0.25, 0.3) is 0 Å². The van der Waals surface area contributed by atoms with E-state index < -0.39 is 15.9 Å². The zero-order chi connectivity index (χ0) is 16.4. The summed E-state index contributed by atoms with van der Waals surface area (Å²) < 4.78 is 48.3. The van der Waals surface area contributed by atoms with Gasteiger partial charge in [0, 0.05) is 11.5 Å². The summed E-state index contributed by atoms with van der Waals surface area (Å²) in [5, 5.41) is 0. The molecule has 0 N–H and O–H groups in total. The molecule has 1 aliphatic heterocycles. The predicted molar refractivity (Wildman–Crippen MR) is 83.1 cm³/mol. The maximum atomic E-state index is 14.1. The van der Waals surface area contributed by atoms with Crippen LogP contribution in [0.2, 0.25) is 0 Å². The number of hydrogen-bond acceptors (Lipinski definition) is 4. The third kappa shape index (κ3) is 3.60. The van der Waals surface area contributed by atoms with Crippen molar-refractivity contribution < 1.29 is 21.7 Å². The topological polar surface area (TPSA) is 52.6 Å². The Balaban J connectivity index is 1.71. The first kappa shape index (κ1) is 16.1. The summed E-state index contributed by atoms with van der Waals surface area (Å²) in [5.41, 5.74) is 2.02. The second-order valence-electron chi connectivity index (χ2n) is 5.61. The number of rotatable bonds is 5.